The van der Waals surface area contributed by atoms with Gasteiger partial charge in [-0.2, -0.15) is 0 Å². The standard InChI is InChI=1S/C24H27N5O4S/c1-28-15-25-27-24(28)34-14-22(30)26-17-8-6-16(7-9-17)23(31)29-12-4-5-20(29)19-13-18(32-2)10-11-21(19)33-3/h6-11,13,15,20H,4-5,12,14H2,1-3H3,(H,26,30)/t20-/m1/s1. The number of aromatic nitrogens is 3. The van der Waals surface area contributed by atoms with Crippen molar-refractivity contribution in [2.45, 2.75) is 24.0 Å². The van der Waals surface area contributed by atoms with Gasteiger partial charge in [0.1, 0.15) is 17.8 Å². The van der Waals surface area contributed by atoms with Gasteiger partial charge in [-0.1, -0.05) is 11.8 Å². The van der Waals surface area contributed by atoms with E-state index in [0.29, 0.717) is 23.0 Å². The molecular weight excluding hydrogens is 454 g/mol. The number of nitrogens with zero attached hydrogens (tertiary/aromatic N) is 4. The van der Waals surface area contributed by atoms with E-state index in [-0.39, 0.29) is 23.6 Å². The predicted octanol–water partition coefficient (Wildman–Crippen LogP) is 3.54. The van der Waals surface area contributed by atoms with Crippen molar-refractivity contribution in [1.82, 2.24) is 19.7 Å². The highest BCUT2D eigenvalue weighted by atomic mass is 32.2. The average molecular weight is 482 g/mol. The molecule has 1 aromatic heterocycles. The number of carbonyl (C=O) groups excluding carboxylic acids is 2. The number of thioether (sulfide) groups is 1. The number of hydrogen-bond acceptors (Lipinski definition) is 7. The second-order valence-electron chi connectivity index (χ2n) is 7.90. The Morgan fingerprint density at radius 3 is 2.62 bits per heavy atom. The number of hydrogen-bond donors (Lipinski definition) is 1. The molecule has 0 saturated carbocycles. The fraction of sp³-hybridized carbons (Fsp3) is 0.333. The molecule has 0 radical (unpaired) electrons. The number of amides is 2. The van der Waals surface area contributed by atoms with E-state index < -0.39 is 0 Å². The van der Waals surface area contributed by atoms with Crippen LogP contribution in [-0.2, 0) is 11.8 Å². The zero-order chi connectivity index (χ0) is 24.1. The van der Waals surface area contributed by atoms with Crippen LogP contribution in [0, 0.1) is 0 Å². The van der Waals surface area contributed by atoms with Crippen LogP contribution in [0.1, 0.15) is 34.8 Å². The zero-order valence-electron chi connectivity index (χ0n) is 19.4. The number of carbonyl (C=O) groups is 2. The molecule has 2 heterocycles. The topological polar surface area (TPSA) is 98.6 Å². The van der Waals surface area contributed by atoms with Crippen molar-refractivity contribution in [2.24, 2.45) is 7.05 Å². The molecule has 3 aromatic rings. The second-order valence-corrected chi connectivity index (χ2v) is 8.85. The van der Waals surface area contributed by atoms with Gasteiger partial charge in [0.25, 0.3) is 5.91 Å². The van der Waals surface area contributed by atoms with Crippen LogP contribution in [0.3, 0.4) is 0 Å². The van der Waals surface area contributed by atoms with Crippen LogP contribution in [0.25, 0.3) is 0 Å². The summed E-state index contributed by atoms with van der Waals surface area (Å²) in [6.45, 7) is 0.668. The van der Waals surface area contributed by atoms with E-state index in [2.05, 4.69) is 15.5 Å². The summed E-state index contributed by atoms with van der Waals surface area (Å²) >= 11 is 1.31. The van der Waals surface area contributed by atoms with Crippen molar-refractivity contribution >= 4 is 29.3 Å². The Hall–Kier alpha value is -3.53. The molecule has 1 aliphatic rings. The third kappa shape index (κ3) is 5.17. The van der Waals surface area contributed by atoms with E-state index in [4.69, 9.17) is 9.47 Å². The van der Waals surface area contributed by atoms with Crippen LogP contribution in [0.2, 0.25) is 0 Å². The number of anilines is 1. The number of rotatable bonds is 8. The number of benzene rings is 2. The Balaban J connectivity index is 1.42. The SMILES string of the molecule is COc1ccc(OC)c([C@H]2CCCN2C(=O)c2ccc(NC(=O)CSc3nncn3C)cc2)c1. The van der Waals surface area contributed by atoms with Crippen molar-refractivity contribution in [3.8, 4) is 11.5 Å². The second kappa shape index (κ2) is 10.6. The summed E-state index contributed by atoms with van der Waals surface area (Å²) < 4.78 is 12.7. The van der Waals surface area contributed by atoms with Crippen molar-refractivity contribution < 1.29 is 19.1 Å². The van der Waals surface area contributed by atoms with Gasteiger partial charge in [-0.3, -0.25) is 9.59 Å². The van der Waals surface area contributed by atoms with E-state index in [9.17, 15) is 9.59 Å². The zero-order valence-corrected chi connectivity index (χ0v) is 20.2. The summed E-state index contributed by atoms with van der Waals surface area (Å²) in [5.41, 5.74) is 2.14. The van der Waals surface area contributed by atoms with Gasteiger partial charge in [0, 0.05) is 30.4 Å². The van der Waals surface area contributed by atoms with Gasteiger partial charge in [0.05, 0.1) is 26.0 Å². The minimum Gasteiger partial charge on any atom is -0.497 e. The molecule has 1 fully saturated rings. The molecule has 9 nitrogen and oxygen atoms in total. The van der Waals surface area contributed by atoms with E-state index in [1.54, 1.807) is 49.4 Å². The highest BCUT2D eigenvalue weighted by Crippen LogP contribution is 2.39. The third-order valence-electron chi connectivity index (χ3n) is 5.73. The minimum absolute atomic E-state index is 0.0527. The molecule has 10 heteroatoms. The molecule has 34 heavy (non-hydrogen) atoms. The van der Waals surface area contributed by atoms with Crippen LogP contribution in [0.15, 0.2) is 53.9 Å². The minimum atomic E-state index is -0.156. The monoisotopic (exact) mass is 481 g/mol. The molecule has 4 rings (SSSR count). The summed E-state index contributed by atoms with van der Waals surface area (Å²) in [5.74, 6) is 1.47. The first-order valence-corrected chi connectivity index (χ1v) is 11.9. The molecule has 0 unspecified atom stereocenters. The Labute approximate surface area is 202 Å². The van der Waals surface area contributed by atoms with Gasteiger partial charge in [-0.15, -0.1) is 10.2 Å². The summed E-state index contributed by atoms with van der Waals surface area (Å²) in [5, 5.41) is 11.3. The van der Waals surface area contributed by atoms with E-state index in [1.165, 1.54) is 11.8 Å². The molecule has 0 aliphatic carbocycles. The van der Waals surface area contributed by atoms with Crippen LogP contribution in [0.5, 0.6) is 11.5 Å². The molecule has 0 bridgehead atoms. The number of ether oxygens (including phenoxy) is 2. The number of aryl methyl sites for hydroxylation is 1. The normalized spacial score (nSPS) is 15.3. The fourth-order valence-corrected chi connectivity index (χ4v) is 4.71. The number of methoxy groups -OCH3 is 2. The Bertz CT molecular complexity index is 1160. The summed E-state index contributed by atoms with van der Waals surface area (Å²) in [6.07, 6.45) is 3.35. The van der Waals surface area contributed by atoms with E-state index in [1.807, 2.05) is 30.1 Å². The molecule has 178 valence electrons. The average Bonchev–Trinajstić information content (AvgIpc) is 3.51. The maximum Gasteiger partial charge on any atom is 0.254 e. The molecule has 1 atom stereocenters. The lowest BCUT2D eigenvalue weighted by Gasteiger charge is -2.27. The third-order valence-corrected chi connectivity index (χ3v) is 6.76. The predicted molar refractivity (Wildman–Crippen MR) is 129 cm³/mol. The van der Waals surface area contributed by atoms with Gasteiger partial charge >= 0.3 is 0 Å². The summed E-state index contributed by atoms with van der Waals surface area (Å²) in [4.78, 5) is 27.5. The van der Waals surface area contributed by atoms with Crippen LogP contribution in [0.4, 0.5) is 5.69 Å². The van der Waals surface area contributed by atoms with Gasteiger partial charge < -0.3 is 24.3 Å². The number of nitrogens with one attached hydrogen (secondary N) is 1. The molecule has 2 aromatic carbocycles. The van der Waals surface area contributed by atoms with Crippen LogP contribution in [-0.4, -0.2) is 58.0 Å². The van der Waals surface area contributed by atoms with E-state index in [0.717, 1.165) is 29.9 Å². The summed E-state index contributed by atoms with van der Waals surface area (Å²) in [7, 11) is 5.08. The quantitative estimate of drug-likeness (QED) is 0.492. The number of likely N-dealkylation sites (tertiary alicyclic amines) is 1. The maximum atomic E-state index is 13.3. The van der Waals surface area contributed by atoms with Crippen molar-refractivity contribution in [1.29, 1.82) is 0 Å². The Morgan fingerprint density at radius 1 is 1.15 bits per heavy atom. The van der Waals surface area contributed by atoms with Crippen LogP contribution >= 0.6 is 11.8 Å². The van der Waals surface area contributed by atoms with Crippen molar-refractivity contribution in [2.75, 3.05) is 31.8 Å². The molecule has 1 N–H and O–H groups in total. The van der Waals surface area contributed by atoms with Crippen molar-refractivity contribution in [3.05, 3.63) is 59.9 Å². The Morgan fingerprint density at radius 2 is 1.94 bits per heavy atom. The fourth-order valence-electron chi connectivity index (χ4n) is 4.03. The highest BCUT2D eigenvalue weighted by molar-refractivity contribution is 7.99. The van der Waals surface area contributed by atoms with Gasteiger partial charge in [0.2, 0.25) is 5.91 Å². The highest BCUT2D eigenvalue weighted by Gasteiger charge is 2.32. The lowest BCUT2D eigenvalue weighted by molar-refractivity contribution is -0.113. The summed E-state index contributed by atoms with van der Waals surface area (Å²) in [6, 6.07) is 12.5. The molecule has 0 spiro atoms. The first kappa shape index (κ1) is 23.6. The first-order valence-electron chi connectivity index (χ1n) is 10.9. The largest absolute Gasteiger partial charge is 0.497 e. The lowest BCUT2D eigenvalue weighted by Crippen LogP contribution is -2.30. The molecular formula is C24H27N5O4S. The lowest BCUT2D eigenvalue weighted by atomic mass is 10.0. The van der Waals surface area contributed by atoms with Gasteiger partial charge in [-0.05, 0) is 55.3 Å². The van der Waals surface area contributed by atoms with Gasteiger partial charge in [-0.25, -0.2) is 0 Å². The maximum absolute atomic E-state index is 13.3. The van der Waals surface area contributed by atoms with E-state index >= 15 is 0 Å². The first-order chi connectivity index (χ1) is 16.5. The molecule has 2 amide bonds. The van der Waals surface area contributed by atoms with Crippen molar-refractivity contribution in [3.63, 3.8) is 0 Å². The van der Waals surface area contributed by atoms with Gasteiger partial charge in [0.15, 0.2) is 5.16 Å². The van der Waals surface area contributed by atoms with Crippen LogP contribution < -0.4 is 14.8 Å². The smallest absolute Gasteiger partial charge is 0.254 e. The molecule has 1 saturated heterocycles. The Kier molecular flexibility index (Phi) is 7.36. The molecule has 1 aliphatic heterocycles.